The van der Waals surface area contributed by atoms with E-state index in [9.17, 15) is 4.79 Å². The Morgan fingerprint density at radius 1 is 1.29 bits per heavy atom. The lowest BCUT2D eigenvalue weighted by atomic mass is 10.1. The van der Waals surface area contributed by atoms with Crippen molar-refractivity contribution in [3.8, 4) is 5.75 Å². The lowest BCUT2D eigenvalue weighted by Gasteiger charge is -2.20. The summed E-state index contributed by atoms with van der Waals surface area (Å²) >= 11 is 0. The van der Waals surface area contributed by atoms with Crippen molar-refractivity contribution in [3.05, 3.63) is 65.6 Å². The minimum absolute atomic E-state index is 0.00584. The maximum absolute atomic E-state index is 12.8. The molecule has 0 radical (unpaired) electrons. The van der Waals surface area contributed by atoms with E-state index in [-0.39, 0.29) is 12.0 Å². The normalized spacial score (nSPS) is 16.0. The monoisotopic (exact) mass is 321 g/mol. The number of hydrogen-bond donors (Lipinski definition) is 0. The molecule has 1 atom stereocenters. The van der Waals surface area contributed by atoms with E-state index in [2.05, 4.69) is 11.1 Å². The number of aryl methyl sites for hydroxylation is 1. The van der Waals surface area contributed by atoms with Gasteiger partial charge in [0.1, 0.15) is 23.2 Å². The van der Waals surface area contributed by atoms with Crippen molar-refractivity contribution in [2.75, 3.05) is 13.6 Å². The van der Waals surface area contributed by atoms with Crippen LogP contribution in [0.5, 0.6) is 5.75 Å². The van der Waals surface area contributed by atoms with E-state index in [1.54, 1.807) is 11.9 Å². The number of rotatable bonds is 3. The molecule has 3 aromatic rings. The SMILES string of the molecule is Cc1c(C(=O)N(C)CC2Cc3ccccc3O2)nc2ccccn12. The van der Waals surface area contributed by atoms with Crippen LogP contribution in [0.2, 0.25) is 0 Å². The van der Waals surface area contributed by atoms with Crippen LogP contribution in [0.1, 0.15) is 21.7 Å². The number of nitrogens with zero attached hydrogens (tertiary/aromatic N) is 3. The largest absolute Gasteiger partial charge is 0.488 e. The van der Waals surface area contributed by atoms with Crippen molar-refractivity contribution in [1.29, 1.82) is 0 Å². The van der Waals surface area contributed by atoms with Crippen molar-refractivity contribution >= 4 is 11.6 Å². The Bertz CT molecular complexity index is 891. The lowest BCUT2D eigenvalue weighted by molar-refractivity contribution is 0.0724. The number of carbonyl (C=O) groups is 1. The standard InChI is InChI=1S/C19H19N3O2/c1-13-18(20-17-9-5-6-10-22(13)17)19(23)21(2)12-15-11-14-7-3-4-8-16(14)24-15/h3-10,15H,11-12H2,1-2H3. The zero-order valence-corrected chi connectivity index (χ0v) is 13.8. The molecule has 1 aromatic carbocycles. The number of benzene rings is 1. The molecule has 24 heavy (non-hydrogen) atoms. The minimum atomic E-state index is -0.0734. The van der Waals surface area contributed by atoms with E-state index in [4.69, 9.17) is 4.74 Å². The number of hydrogen-bond acceptors (Lipinski definition) is 3. The fourth-order valence-electron chi connectivity index (χ4n) is 3.25. The highest BCUT2D eigenvalue weighted by atomic mass is 16.5. The lowest BCUT2D eigenvalue weighted by Crippen LogP contribution is -2.36. The van der Waals surface area contributed by atoms with E-state index >= 15 is 0 Å². The van der Waals surface area contributed by atoms with E-state index in [1.807, 2.05) is 53.9 Å². The predicted molar refractivity (Wildman–Crippen MR) is 91.5 cm³/mol. The molecule has 5 nitrogen and oxygen atoms in total. The zero-order chi connectivity index (χ0) is 16.7. The summed E-state index contributed by atoms with van der Waals surface area (Å²) in [6, 6.07) is 13.8. The number of carbonyl (C=O) groups excluding carboxylic acids is 1. The van der Waals surface area contributed by atoms with Gasteiger partial charge in [0.15, 0.2) is 0 Å². The van der Waals surface area contributed by atoms with Crippen LogP contribution in [-0.4, -0.2) is 39.9 Å². The third-order valence-electron chi connectivity index (χ3n) is 4.51. The second kappa shape index (κ2) is 5.67. The molecule has 0 N–H and O–H groups in total. The summed E-state index contributed by atoms with van der Waals surface area (Å²) in [4.78, 5) is 19.0. The van der Waals surface area contributed by atoms with E-state index < -0.39 is 0 Å². The molecule has 122 valence electrons. The van der Waals surface area contributed by atoms with Crippen LogP contribution in [0.25, 0.3) is 5.65 Å². The first-order valence-electron chi connectivity index (χ1n) is 8.07. The highest BCUT2D eigenvalue weighted by molar-refractivity contribution is 5.94. The Kier molecular flexibility index (Phi) is 3.49. The maximum atomic E-state index is 12.8. The van der Waals surface area contributed by atoms with Gasteiger partial charge >= 0.3 is 0 Å². The number of pyridine rings is 1. The molecule has 0 saturated heterocycles. The molecule has 1 aliphatic rings. The van der Waals surface area contributed by atoms with Gasteiger partial charge in [0, 0.05) is 19.7 Å². The molecule has 1 unspecified atom stereocenters. The van der Waals surface area contributed by atoms with Crippen molar-refractivity contribution < 1.29 is 9.53 Å². The molecule has 0 fully saturated rings. The molecule has 4 rings (SSSR count). The van der Waals surface area contributed by atoms with Crippen LogP contribution in [-0.2, 0) is 6.42 Å². The van der Waals surface area contributed by atoms with Crippen molar-refractivity contribution in [3.63, 3.8) is 0 Å². The average Bonchev–Trinajstić information content (AvgIpc) is 3.15. The third-order valence-corrected chi connectivity index (χ3v) is 4.51. The van der Waals surface area contributed by atoms with Gasteiger partial charge in [0.05, 0.1) is 12.2 Å². The van der Waals surface area contributed by atoms with Crippen LogP contribution in [0.15, 0.2) is 48.7 Å². The molecule has 2 aromatic heterocycles. The molecule has 0 spiro atoms. The molecule has 5 heteroatoms. The number of para-hydroxylation sites is 1. The number of likely N-dealkylation sites (N-methyl/N-ethyl adjacent to an activating group) is 1. The van der Waals surface area contributed by atoms with Gasteiger partial charge in [0.2, 0.25) is 0 Å². The number of imidazole rings is 1. The molecule has 1 amide bonds. The van der Waals surface area contributed by atoms with E-state index in [0.717, 1.165) is 23.5 Å². The second-order valence-electron chi connectivity index (χ2n) is 6.21. The van der Waals surface area contributed by atoms with Gasteiger partial charge in [-0.15, -0.1) is 0 Å². The van der Waals surface area contributed by atoms with Gasteiger partial charge < -0.3 is 14.0 Å². The summed E-state index contributed by atoms with van der Waals surface area (Å²) in [6.45, 7) is 2.46. The average molecular weight is 321 g/mol. The topological polar surface area (TPSA) is 46.8 Å². The first-order valence-corrected chi connectivity index (χ1v) is 8.07. The molecule has 1 aliphatic heterocycles. The van der Waals surface area contributed by atoms with E-state index in [1.165, 1.54) is 5.56 Å². The van der Waals surface area contributed by atoms with Crippen molar-refractivity contribution in [2.24, 2.45) is 0 Å². The number of ether oxygens (including phenoxy) is 1. The highest BCUT2D eigenvalue weighted by Gasteiger charge is 2.27. The summed E-state index contributed by atoms with van der Waals surface area (Å²) in [6.07, 6.45) is 2.75. The zero-order valence-electron chi connectivity index (χ0n) is 13.8. The van der Waals surface area contributed by atoms with Crippen LogP contribution in [0.4, 0.5) is 0 Å². The molecule has 0 saturated carbocycles. The van der Waals surface area contributed by atoms with Crippen molar-refractivity contribution in [1.82, 2.24) is 14.3 Å². The summed E-state index contributed by atoms with van der Waals surface area (Å²) in [5, 5.41) is 0. The third kappa shape index (κ3) is 2.42. The summed E-state index contributed by atoms with van der Waals surface area (Å²) in [5.74, 6) is 0.850. The van der Waals surface area contributed by atoms with Crippen LogP contribution in [0, 0.1) is 6.92 Å². The Morgan fingerprint density at radius 2 is 2.08 bits per heavy atom. The molecule has 0 aliphatic carbocycles. The minimum Gasteiger partial charge on any atom is -0.488 e. The fraction of sp³-hybridized carbons (Fsp3) is 0.263. The first-order chi connectivity index (χ1) is 11.6. The van der Waals surface area contributed by atoms with Gasteiger partial charge in [-0.25, -0.2) is 4.98 Å². The number of amides is 1. The van der Waals surface area contributed by atoms with Crippen molar-refractivity contribution in [2.45, 2.75) is 19.4 Å². The summed E-state index contributed by atoms with van der Waals surface area (Å²) in [5.41, 5.74) is 3.35. The molecule has 3 heterocycles. The predicted octanol–water partition coefficient (Wildman–Crippen LogP) is 2.72. The van der Waals surface area contributed by atoms with Gasteiger partial charge in [-0.2, -0.15) is 0 Å². The molecule has 0 bridgehead atoms. The number of fused-ring (bicyclic) bond motifs is 2. The molecular weight excluding hydrogens is 302 g/mol. The summed E-state index contributed by atoms with van der Waals surface area (Å²) in [7, 11) is 1.80. The number of aromatic nitrogens is 2. The summed E-state index contributed by atoms with van der Waals surface area (Å²) < 4.78 is 7.87. The smallest absolute Gasteiger partial charge is 0.274 e. The maximum Gasteiger partial charge on any atom is 0.274 e. The molecular formula is C19H19N3O2. The Balaban J connectivity index is 1.51. The Labute approximate surface area is 140 Å². The van der Waals surface area contributed by atoms with Gasteiger partial charge in [-0.1, -0.05) is 24.3 Å². The van der Waals surface area contributed by atoms with E-state index in [0.29, 0.717) is 12.2 Å². The Hall–Kier alpha value is -2.82. The van der Waals surface area contributed by atoms with Gasteiger partial charge in [-0.05, 0) is 30.7 Å². The first kappa shape index (κ1) is 14.8. The van der Waals surface area contributed by atoms with Crippen LogP contribution >= 0.6 is 0 Å². The Morgan fingerprint density at radius 3 is 2.88 bits per heavy atom. The quantitative estimate of drug-likeness (QED) is 0.745. The highest BCUT2D eigenvalue weighted by Crippen LogP contribution is 2.28. The van der Waals surface area contributed by atoms with Gasteiger partial charge in [0.25, 0.3) is 5.91 Å². The fourth-order valence-corrected chi connectivity index (χ4v) is 3.25. The van der Waals surface area contributed by atoms with Gasteiger partial charge in [-0.3, -0.25) is 4.79 Å². The second-order valence-corrected chi connectivity index (χ2v) is 6.21. The van der Waals surface area contributed by atoms with Crippen LogP contribution in [0.3, 0.4) is 0 Å². The van der Waals surface area contributed by atoms with Crippen LogP contribution < -0.4 is 4.74 Å².